The van der Waals surface area contributed by atoms with Crippen LogP contribution < -0.4 is 10.6 Å². The van der Waals surface area contributed by atoms with Crippen molar-refractivity contribution in [1.29, 1.82) is 0 Å². The summed E-state index contributed by atoms with van der Waals surface area (Å²) in [4.78, 5) is 25.5. The highest BCUT2D eigenvalue weighted by molar-refractivity contribution is 5.76. The van der Waals surface area contributed by atoms with Crippen LogP contribution in [-0.4, -0.2) is 59.1 Å². The number of likely N-dealkylation sites (N-methyl/N-ethyl adjacent to an activating group) is 1. The summed E-state index contributed by atoms with van der Waals surface area (Å²) in [5.41, 5.74) is 3.41. The lowest BCUT2D eigenvalue weighted by Crippen LogP contribution is -2.42. The Labute approximate surface area is 149 Å². The molecule has 1 aliphatic rings. The van der Waals surface area contributed by atoms with E-state index in [2.05, 4.69) is 25.7 Å². The predicted molar refractivity (Wildman–Crippen MR) is 97.3 cm³/mol. The number of amides is 2. The summed E-state index contributed by atoms with van der Waals surface area (Å²) in [6.45, 7) is 6.92. The first-order valence-electron chi connectivity index (χ1n) is 9.12. The molecule has 2 heterocycles. The van der Waals surface area contributed by atoms with E-state index in [-0.39, 0.29) is 17.9 Å². The van der Waals surface area contributed by atoms with Crippen LogP contribution in [0, 0.1) is 13.8 Å². The van der Waals surface area contributed by atoms with Gasteiger partial charge in [-0.3, -0.25) is 19.6 Å². The van der Waals surface area contributed by atoms with Crippen molar-refractivity contribution in [2.75, 3.05) is 20.1 Å². The monoisotopic (exact) mass is 349 g/mol. The molecule has 1 aromatic rings. The van der Waals surface area contributed by atoms with Gasteiger partial charge in [-0.05, 0) is 52.1 Å². The number of hydrogen-bond donors (Lipinski definition) is 3. The Balaban J connectivity index is 1.66. The minimum Gasteiger partial charge on any atom is -0.356 e. The SMILES string of the molecule is CC(=O)NC[C@H]1CC[C@@H](CC(=O)NCCCc2c(C)n[nH]c2C)N1C. The zero-order valence-corrected chi connectivity index (χ0v) is 15.8. The van der Waals surface area contributed by atoms with Gasteiger partial charge in [0.1, 0.15) is 0 Å². The van der Waals surface area contributed by atoms with E-state index < -0.39 is 0 Å². The van der Waals surface area contributed by atoms with Gasteiger partial charge in [0.2, 0.25) is 11.8 Å². The van der Waals surface area contributed by atoms with Gasteiger partial charge in [-0.25, -0.2) is 0 Å². The summed E-state index contributed by atoms with van der Waals surface area (Å²) in [6, 6.07) is 0.589. The molecule has 2 atom stereocenters. The van der Waals surface area contributed by atoms with E-state index in [9.17, 15) is 9.59 Å². The van der Waals surface area contributed by atoms with Crippen molar-refractivity contribution in [1.82, 2.24) is 25.7 Å². The van der Waals surface area contributed by atoms with Gasteiger partial charge in [0.25, 0.3) is 0 Å². The molecule has 1 aliphatic heterocycles. The Morgan fingerprint density at radius 3 is 2.60 bits per heavy atom. The third-order valence-electron chi connectivity index (χ3n) is 5.20. The average molecular weight is 349 g/mol. The summed E-state index contributed by atoms with van der Waals surface area (Å²) >= 11 is 0. The van der Waals surface area contributed by atoms with Gasteiger partial charge < -0.3 is 10.6 Å². The summed E-state index contributed by atoms with van der Waals surface area (Å²) in [5.74, 6) is 0.107. The molecule has 0 radical (unpaired) electrons. The first-order chi connectivity index (χ1) is 11.9. The second-order valence-corrected chi connectivity index (χ2v) is 7.06. The van der Waals surface area contributed by atoms with E-state index in [4.69, 9.17) is 0 Å². The van der Waals surface area contributed by atoms with Crippen molar-refractivity contribution in [3.05, 3.63) is 17.0 Å². The number of likely N-dealkylation sites (tertiary alicyclic amines) is 1. The molecule has 0 saturated carbocycles. The van der Waals surface area contributed by atoms with Crippen molar-refractivity contribution in [2.45, 2.75) is 65.0 Å². The molecule has 1 aromatic heterocycles. The number of carbonyl (C=O) groups excluding carboxylic acids is 2. The van der Waals surface area contributed by atoms with Crippen LogP contribution in [0.5, 0.6) is 0 Å². The molecule has 7 nitrogen and oxygen atoms in total. The second-order valence-electron chi connectivity index (χ2n) is 7.06. The number of aromatic amines is 1. The number of rotatable bonds is 8. The standard InChI is InChI=1S/C18H31N5O2/c1-12-17(13(2)22-21-12)6-5-9-19-18(25)10-15-7-8-16(23(15)4)11-20-14(3)24/h15-16H,5-11H2,1-4H3,(H,19,25)(H,20,24)(H,21,22)/t15-,16+/m0/s1. The van der Waals surface area contributed by atoms with Crippen molar-refractivity contribution < 1.29 is 9.59 Å². The number of aromatic nitrogens is 2. The fraction of sp³-hybridized carbons (Fsp3) is 0.722. The van der Waals surface area contributed by atoms with Gasteiger partial charge in [0.15, 0.2) is 0 Å². The Morgan fingerprint density at radius 2 is 1.96 bits per heavy atom. The summed E-state index contributed by atoms with van der Waals surface area (Å²) in [5, 5.41) is 13.1. The fourth-order valence-corrected chi connectivity index (χ4v) is 3.57. The van der Waals surface area contributed by atoms with Crippen LogP contribution in [0.2, 0.25) is 0 Å². The maximum absolute atomic E-state index is 12.2. The Morgan fingerprint density at radius 1 is 1.24 bits per heavy atom. The number of aryl methyl sites for hydroxylation is 2. The van der Waals surface area contributed by atoms with Gasteiger partial charge in [0, 0.05) is 44.2 Å². The van der Waals surface area contributed by atoms with Crippen molar-refractivity contribution in [3.63, 3.8) is 0 Å². The molecule has 2 rings (SSSR count). The van der Waals surface area contributed by atoms with Gasteiger partial charge in [0.05, 0.1) is 5.69 Å². The van der Waals surface area contributed by atoms with E-state index >= 15 is 0 Å². The highest BCUT2D eigenvalue weighted by atomic mass is 16.2. The van der Waals surface area contributed by atoms with Crippen LogP contribution in [0.4, 0.5) is 0 Å². The van der Waals surface area contributed by atoms with Crippen LogP contribution in [0.1, 0.15) is 49.6 Å². The number of carbonyl (C=O) groups is 2. The van der Waals surface area contributed by atoms with Crippen LogP contribution in [0.25, 0.3) is 0 Å². The molecule has 7 heteroatoms. The number of hydrogen-bond acceptors (Lipinski definition) is 4. The molecule has 0 bridgehead atoms. The minimum absolute atomic E-state index is 0.00214. The van der Waals surface area contributed by atoms with E-state index in [1.54, 1.807) is 0 Å². The van der Waals surface area contributed by atoms with Gasteiger partial charge in [-0.2, -0.15) is 5.10 Å². The van der Waals surface area contributed by atoms with Crippen molar-refractivity contribution in [3.8, 4) is 0 Å². The minimum atomic E-state index is -0.00214. The maximum atomic E-state index is 12.2. The molecule has 0 aromatic carbocycles. The van der Waals surface area contributed by atoms with Gasteiger partial charge >= 0.3 is 0 Å². The summed E-state index contributed by atoms with van der Waals surface area (Å²) in [7, 11) is 2.04. The van der Waals surface area contributed by atoms with E-state index in [0.29, 0.717) is 25.6 Å². The van der Waals surface area contributed by atoms with Crippen LogP contribution >= 0.6 is 0 Å². The zero-order chi connectivity index (χ0) is 18.4. The Hall–Kier alpha value is -1.89. The van der Waals surface area contributed by atoms with E-state index in [1.165, 1.54) is 12.5 Å². The largest absolute Gasteiger partial charge is 0.356 e. The van der Waals surface area contributed by atoms with Gasteiger partial charge in [-0.1, -0.05) is 0 Å². The Bertz CT molecular complexity index is 579. The lowest BCUT2D eigenvalue weighted by Gasteiger charge is -2.25. The number of nitrogens with one attached hydrogen (secondary N) is 3. The van der Waals surface area contributed by atoms with Crippen LogP contribution in [0.3, 0.4) is 0 Å². The van der Waals surface area contributed by atoms with E-state index in [1.807, 2.05) is 20.9 Å². The third-order valence-corrected chi connectivity index (χ3v) is 5.20. The molecular formula is C18H31N5O2. The maximum Gasteiger partial charge on any atom is 0.221 e. The second kappa shape index (κ2) is 8.99. The number of nitrogens with zero attached hydrogens (tertiary/aromatic N) is 2. The molecule has 25 heavy (non-hydrogen) atoms. The zero-order valence-electron chi connectivity index (χ0n) is 15.8. The molecule has 2 amide bonds. The van der Waals surface area contributed by atoms with Gasteiger partial charge in [-0.15, -0.1) is 0 Å². The van der Waals surface area contributed by atoms with E-state index in [0.717, 1.165) is 37.1 Å². The smallest absolute Gasteiger partial charge is 0.221 e. The molecule has 0 unspecified atom stereocenters. The molecule has 3 N–H and O–H groups in total. The summed E-state index contributed by atoms with van der Waals surface area (Å²) in [6.07, 6.45) is 4.39. The highest BCUT2D eigenvalue weighted by Crippen LogP contribution is 2.24. The lowest BCUT2D eigenvalue weighted by molar-refractivity contribution is -0.122. The predicted octanol–water partition coefficient (Wildman–Crippen LogP) is 1.06. The molecule has 1 saturated heterocycles. The topological polar surface area (TPSA) is 90.1 Å². The first kappa shape index (κ1) is 19.4. The molecule has 0 aliphatic carbocycles. The normalized spacial score (nSPS) is 20.6. The quantitative estimate of drug-likeness (QED) is 0.612. The van der Waals surface area contributed by atoms with Crippen molar-refractivity contribution >= 4 is 11.8 Å². The third kappa shape index (κ3) is 5.56. The lowest BCUT2D eigenvalue weighted by atomic mass is 10.1. The molecular weight excluding hydrogens is 318 g/mol. The fourth-order valence-electron chi connectivity index (χ4n) is 3.57. The highest BCUT2D eigenvalue weighted by Gasteiger charge is 2.31. The molecule has 1 fully saturated rings. The Kier molecular flexibility index (Phi) is 6.99. The van der Waals surface area contributed by atoms with Crippen molar-refractivity contribution in [2.24, 2.45) is 0 Å². The van der Waals surface area contributed by atoms with Crippen LogP contribution in [0.15, 0.2) is 0 Å². The number of H-pyrrole nitrogens is 1. The summed E-state index contributed by atoms with van der Waals surface area (Å²) < 4.78 is 0. The van der Waals surface area contributed by atoms with Crippen LogP contribution in [-0.2, 0) is 16.0 Å². The molecule has 140 valence electrons. The molecule has 0 spiro atoms. The first-order valence-corrected chi connectivity index (χ1v) is 9.12. The average Bonchev–Trinajstić information content (AvgIpc) is 3.06.